The van der Waals surface area contributed by atoms with E-state index in [1.165, 1.54) is 32.4 Å². The van der Waals surface area contributed by atoms with Crippen LogP contribution in [0.4, 0.5) is 0 Å². The molecule has 0 aromatic heterocycles. The van der Waals surface area contributed by atoms with E-state index in [1.54, 1.807) is 5.56 Å². The highest BCUT2D eigenvalue weighted by atomic mass is 15.2. The summed E-state index contributed by atoms with van der Waals surface area (Å²) in [6.45, 7) is 5.04. The molecule has 1 aromatic rings. The Kier molecular flexibility index (Phi) is 2.10. The molecule has 0 N–H and O–H groups in total. The molecule has 2 saturated heterocycles. The number of benzene rings is 1. The molecule has 1 nitrogen and oxygen atoms in total. The van der Waals surface area contributed by atoms with E-state index >= 15 is 0 Å². The Hall–Kier alpha value is -0.820. The standard InChI is InChI=1S/C14H19N/c1-12-8-11-15-10-5-9-14(12,15)13-6-3-2-4-7-13/h2-4,6-7,12H,5,8-11H2,1H3. The van der Waals surface area contributed by atoms with E-state index in [9.17, 15) is 0 Å². The zero-order valence-corrected chi connectivity index (χ0v) is 9.45. The lowest BCUT2D eigenvalue weighted by Gasteiger charge is -2.36. The van der Waals surface area contributed by atoms with E-state index in [0.717, 1.165) is 5.92 Å². The van der Waals surface area contributed by atoms with Gasteiger partial charge in [0.2, 0.25) is 0 Å². The van der Waals surface area contributed by atoms with Crippen LogP contribution < -0.4 is 0 Å². The minimum atomic E-state index is 0.390. The van der Waals surface area contributed by atoms with Crippen LogP contribution >= 0.6 is 0 Å². The van der Waals surface area contributed by atoms with Gasteiger partial charge in [0.15, 0.2) is 0 Å². The highest BCUT2D eigenvalue weighted by Gasteiger charge is 2.49. The van der Waals surface area contributed by atoms with Gasteiger partial charge in [0.25, 0.3) is 0 Å². The average Bonchev–Trinajstić information content (AvgIpc) is 2.82. The Morgan fingerprint density at radius 3 is 2.80 bits per heavy atom. The van der Waals surface area contributed by atoms with Crippen molar-refractivity contribution in [2.45, 2.75) is 31.7 Å². The molecule has 0 radical (unpaired) electrons. The third-order valence-corrected chi connectivity index (χ3v) is 4.47. The van der Waals surface area contributed by atoms with Crippen molar-refractivity contribution in [1.82, 2.24) is 4.90 Å². The molecule has 0 aliphatic carbocycles. The fourth-order valence-corrected chi connectivity index (χ4v) is 3.69. The number of hydrogen-bond acceptors (Lipinski definition) is 1. The minimum Gasteiger partial charge on any atom is -0.293 e. The zero-order chi connectivity index (χ0) is 10.3. The summed E-state index contributed by atoms with van der Waals surface area (Å²) >= 11 is 0. The monoisotopic (exact) mass is 201 g/mol. The summed E-state index contributed by atoms with van der Waals surface area (Å²) in [5.74, 6) is 0.822. The number of hydrogen-bond donors (Lipinski definition) is 0. The summed E-state index contributed by atoms with van der Waals surface area (Å²) in [6, 6.07) is 11.1. The van der Waals surface area contributed by atoms with Gasteiger partial charge in [0, 0.05) is 5.54 Å². The minimum absolute atomic E-state index is 0.390. The van der Waals surface area contributed by atoms with Crippen molar-refractivity contribution in [3.8, 4) is 0 Å². The molecule has 3 rings (SSSR count). The van der Waals surface area contributed by atoms with E-state index in [4.69, 9.17) is 0 Å². The van der Waals surface area contributed by atoms with E-state index in [1.807, 2.05) is 0 Å². The molecule has 2 atom stereocenters. The fourth-order valence-electron chi connectivity index (χ4n) is 3.69. The van der Waals surface area contributed by atoms with Gasteiger partial charge in [-0.3, -0.25) is 4.90 Å². The van der Waals surface area contributed by atoms with Crippen LogP contribution in [0.15, 0.2) is 30.3 Å². The van der Waals surface area contributed by atoms with E-state index in [2.05, 4.69) is 42.2 Å². The van der Waals surface area contributed by atoms with Crippen LogP contribution in [0.2, 0.25) is 0 Å². The van der Waals surface area contributed by atoms with E-state index < -0.39 is 0 Å². The fraction of sp³-hybridized carbons (Fsp3) is 0.571. The normalized spacial score (nSPS) is 35.7. The van der Waals surface area contributed by atoms with Gasteiger partial charge in [-0.1, -0.05) is 37.3 Å². The van der Waals surface area contributed by atoms with Crippen LogP contribution in [0.1, 0.15) is 31.7 Å². The molecule has 2 aliphatic heterocycles. The van der Waals surface area contributed by atoms with Gasteiger partial charge >= 0.3 is 0 Å². The maximum Gasteiger partial charge on any atom is 0.0487 e. The maximum absolute atomic E-state index is 2.72. The molecule has 2 fully saturated rings. The molecular formula is C14H19N. The van der Waals surface area contributed by atoms with Crippen LogP contribution in [0.5, 0.6) is 0 Å². The Labute approximate surface area is 92.1 Å². The lowest BCUT2D eigenvalue weighted by Crippen LogP contribution is -2.39. The summed E-state index contributed by atoms with van der Waals surface area (Å²) in [6.07, 6.45) is 4.10. The van der Waals surface area contributed by atoms with E-state index in [0.29, 0.717) is 5.54 Å². The van der Waals surface area contributed by atoms with Gasteiger partial charge in [0.1, 0.15) is 0 Å². The highest BCUT2D eigenvalue weighted by molar-refractivity contribution is 5.28. The largest absolute Gasteiger partial charge is 0.293 e. The quantitative estimate of drug-likeness (QED) is 0.675. The molecule has 80 valence electrons. The zero-order valence-electron chi connectivity index (χ0n) is 9.45. The summed E-state index contributed by atoms with van der Waals surface area (Å²) in [5.41, 5.74) is 1.94. The van der Waals surface area contributed by atoms with Crippen molar-refractivity contribution < 1.29 is 0 Å². The molecule has 1 heteroatoms. The first-order chi connectivity index (χ1) is 7.34. The second-order valence-corrected chi connectivity index (χ2v) is 5.07. The molecule has 2 unspecified atom stereocenters. The predicted octanol–water partition coefficient (Wildman–Crippen LogP) is 3.02. The van der Waals surface area contributed by atoms with Crippen LogP contribution in [0.3, 0.4) is 0 Å². The third kappa shape index (κ3) is 1.19. The van der Waals surface area contributed by atoms with Crippen LogP contribution in [0.25, 0.3) is 0 Å². The van der Waals surface area contributed by atoms with Gasteiger partial charge < -0.3 is 0 Å². The molecule has 0 amide bonds. The van der Waals surface area contributed by atoms with Crippen LogP contribution in [0, 0.1) is 5.92 Å². The second kappa shape index (κ2) is 3.34. The van der Waals surface area contributed by atoms with Gasteiger partial charge in [0.05, 0.1) is 0 Å². The summed E-state index contributed by atoms with van der Waals surface area (Å²) in [4.78, 5) is 2.72. The van der Waals surface area contributed by atoms with Crippen molar-refractivity contribution in [2.24, 2.45) is 5.92 Å². The van der Waals surface area contributed by atoms with Gasteiger partial charge in [-0.2, -0.15) is 0 Å². The lowest BCUT2D eigenvalue weighted by molar-refractivity contribution is 0.158. The molecule has 2 heterocycles. The van der Waals surface area contributed by atoms with Crippen LogP contribution in [-0.2, 0) is 5.54 Å². The Morgan fingerprint density at radius 2 is 2.00 bits per heavy atom. The first-order valence-electron chi connectivity index (χ1n) is 6.14. The first-order valence-corrected chi connectivity index (χ1v) is 6.14. The SMILES string of the molecule is CC1CCN2CCCC12c1ccccc1. The van der Waals surface area contributed by atoms with Crippen LogP contribution in [-0.4, -0.2) is 18.0 Å². The van der Waals surface area contributed by atoms with Gasteiger partial charge in [-0.15, -0.1) is 0 Å². The molecule has 15 heavy (non-hydrogen) atoms. The Balaban J connectivity index is 2.07. The molecule has 0 bridgehead atoms. The van der Waals surface area contributed by atoms with Crippen molar-refractivity contribution in [1.29, 1.82) is 0 Å². The Bertz CT molecular complexity index is 346. The maximum atomic E-state index is 2.72. The summed E-state index contributed by atoms with van der Waals surface area (Å²) < 4.78 is 0. The Morgan fingerprint density at radius 1 is 1.20 bits per heavy atom. The van der Waals surface area contributed by atoms with Crippen molar-refractivity contribution >= 4 is 0 Å². The second-order valence-electron chi connectivity index (χ2n) is 5.07. The van der Waals surface area contributed by atoms with Gasteiger partial charge in [-0.25, -0.2) is 0 Å². The topological polar surface area (TPSA) is 3.24 Å². The first kappa shape index (κ1) is 9.41. The molecule has 2 aliphatic rings. The summed E-state index contributed by atoms with van der Waals surface area (Å²) in [7, 11) is 0. The third-order valence-electron chi connectivity index (χ3n) is 4.47. The summed E-state index contributed by atoms with van der Waals surface area (Å²) in [5, 5.41) is 0. The number of rotatable bonds is 1. The number of fused-ring (bicyclic) bond motifs is 1. The predicted molar refractivity (Wildman–Crippen MR) is 62.7 cm³/mol. The smallest absolute Gasteiger partial charge is 0.0487 e. The van der Waals surface area contributed by atoms with Gasteiger partial charge in [-0.05, 0) is 43.8 Å². The molecule has 1 aromatic carbocycles. The highest BCUT2D eigenvalue weighted by Crippen LogP contribution is 2.50. The average molecular weight is 201 g/mol. The molecular weight excluding hydrogens is 182 g/mol. The van der Waals surface area contributed by atoms with Crippen molar-refractivity contribution in [3.05, 3.63) is 35.9 Å². The van der Waals surface area contributed by atoms with E-state index in [-0.39, 0.29) is 0 Å². The molecule has 0 spiro atoms. The van der Waals surface area contributed by atoms with Crippen molar-refractivity contribution in [2.75, 3.05) is 13.1 Å². The molecule has 0 saturated carbocycles. The number of nitrogens with zero attached hydrogens (tertiary/aromatic N) is 1. The lowest BCUT2D eigenvalue weighted by atomic mass is 9.78. The van der Waals surface area contributed by atoms with Crippen molar-refractivity contribution in [3.63, 3.8) is 0 Å².